The van der Waals surface area contributed by atoms with Crippen molar-refractivity contribution in [2.24, 2.45) is 0 Å². The van der Waals surface area contributed by atoms with Crippen molar-refractivity contribution in [1.82, 2.24) is 0 Å². The molecule has 106 valence electrons. The number of alkyl halides is 1. The summed E-state index contributed by atoms with van der Waals surface area (Å²) in [5, 5.41) is 0. The highest BCUT2D eigenvalue weighted by Gasteiger charge is 1.90. The smallest absolute Gasteiger partial charge is 0.0255 e. The minimum absolute atomic E-state index is 0.983. The highest BCUT2D eigenvalue weighted by Crippen LogP contribution is 2.08. The van der Waals surface area contributed by atoms with Crippen LogP contribution in [0.3, 0.4) is 0 Å². The van der Waals surface area contributed by atoms with Crippen molar-refractivity contribution < 1.29 is 0 Å². The van der Waals surface area contributed by atoms with Gasteiger partial charge in [-0.15, -0.1) is 0 Å². The Balaban J connectivity index is 2.00. The molecule has 0 amide bonds. The first-order chi connectivity index (χ1) is 9.93. The molecule has 0 N–H and O–H groups in total. The van der Waals surface area contributed by atoms with E-state index in [-0.39, 0.29) is 0 Å². The fourth-order valence-corrected chi connectivity index (χ4v) is 2.46. The van der Waals surface area contributed by atoms with E-state index in [1.165, 1.54) is 49.4 Å². The molecule has 1 rings (SSSR count). The van der Waals surface area contributed by atoms with Gasteiger partial charge in [0, 0.05) is 12.0 Å². The highest BCUT2D eigenvalue weighted by molar-refractivity contribution is 14.1. The average molecular weight is 378 g/mol. The summed E-state index contributed by atoms with van der Waals surface area (Å²) in [6.45, 7) is 0. The van der Waals surface area contributed by atoms with Gasteiger partial charge in [-0.3, -0.25) is 0 Å². The van der Waals surface area contributed by atoms with E-state index in [1.807, 2.05) is 30.3 Å². The second-order valence-corrected chi connectivity index (χ2v) is 5.91. The van der Waals surface area contributed by atoms with Crippen LogP contribution >= 0.6 is 22.6 Å². The maximum absolute atomic E-state index is 3.14. The number of unbranched alkanes of at least 4 members (excludes halogenated alkanes) is 7. The molecule has 0 aliphatic heterocycles. The normalized spacial score (nSPS) is 9.25. The lowest BCUT2D eigenvalue weighted by molar-refractivity contribution is 0.596. The van der Waals surface area contributed by atoms with Crippen molar-refractivity contribution >= 4 is 22.6 Å². The van der Waals surface area contributed by atoms with Crippen LogP contribution in [0, 0.1) is 23.7 Å². The zero-order valence-corrected chi connectivity index (χ0v) is 14.3. The maximum atomic E-state index is 3.14. The summed E-state index contributed by atoms with van der Waals surface area (Å²) in [6.07, 6.45) is 10.4. The van der Waals surface area contributed by atoms with Gasteiger partial charge >= 0.3 is 0 Å². The third-order valence-electron chi connectivity index (χ3n) is 3.07. The molecule has 0 unspecified atom stereocenters. The highest BCUT2D eigenvalue weighted by atomic mass is 127. The lowest BCUT2D eigenvalue weighted by atomic mass is 10.1. The van der Waals surface area contributed by atoms with Crippen LogP contribution < -0.4 is 0 Å². The van der Waals surface area contributed by atoms with Crippen LogP contribution in [0.15, 0.2) is 30.3 Å². The first kappa shape index (κ1) is 17.1. The van der Waals surface area contributed by atoms with Crippen molar-refractivity contribution in [3.8, 4) is 23.7 Å². The Morgan fingerprint density at radius 1 is 0.750 bits per heavy atom. The van der Waals surface area contributed by atoms with E-state index in [1.54, 1.807) is 0 Å². The van der Waals surface area contributed by atoms with E-state index < -0.39 is 0 Å². The third kappa shape index (κ3) is 9.93. The van der Waals surface area contributed by atoms with Crippen molar-refractivity contribution in [3.05, 3.63) is 35.9 Å². The molecule has 0 saturated heterocycles. The molecule has 0 heterocycles. The predicted molar refractivity (Wildman–Crippen MR) is 96.9 cm³/mol. The van der Waals surface area contributed by atoms with Crippen LogP contribution in [-0.4, -0.2) is 4.43 Å². The Hall–Kier alpha value is -0.930. The zero-order chi connectivity index (χ0) is 14.3. The van der Waals surface area contributed by atoms with Gasteiger partial charge in [0.05, 0.1) is 0 Å². The van der Waals surface area contributed by atoms with Crippen molar-refractivity contribution in [1.29, 1.82) is 0 Å². The molecule has 0 aromatic heterocycles. The third-order valence-corrected chi connectivity index (χ3v) is 3.83. The van der Waals surface area contributed by atoms with Crippen LogP contribution in [0.5, 0.6) is 0 Å². The number of halogens is 1. The summed E-state index contributed by atoms with van der Waals surface area (Å²) in [7, 11) is 0. The van der Waals surface area contributed by atoms with Gasteiger partial charge in [-0.2, -0.15) is 0 Å². The summed E-state index contributed by atoms with van der Waals surface area (Å²) in [5.74, 6) is 12.0. The van der Waals surface area contributed by atoms with E-state index in [9.17, 15) is 0 Å². The molecule has 0 nitrogen and oxygen atoms in total. The van der Waals surface area contributed by atoms with Crippen LogP contribution in [0.2, 0.25) is 0 Å². The van der Waals surface area contributed by atoms with Crippen LogP contribution in [0.1, 0.15) is 56.9 Å². The van der Waals surface area contributed by atoms with Gasteiger partial charge in [-0.25, -0.2) is 0 Å². The van der Waals surface area contributed by atoms with Crippen LogP contribution in [0.4, 0.5) is 0 Å². The average Bonchev–Trinajstić information content (AvgIpc) is 2.49. The van der Waals surface area contributed by atoms with Crippen LogP contribution in [0.25, 0.3) is 0 Å². The molecule has 0 fully saturated rings. The number of hydrogen-bond acceptors (Lipinski definition) is 0. The topological polar surface area (TPSA) is 0 Å². The Kier molecular flexibility index (Phi) is 11.2. The molecule has 0 aliphatic carbocycles. The van der Waals surface area contributed by atoms with Gasteiger partial charge in [0.15, 0.2) is 0 Å². The fourth-order valence-electron chi connectivity index (χ4n) is 1.92. The Morgan fingerprint density at radius 2 is 1.40 bits per heavy atom. The summed E-state index contributed by atoms with van der Waals surface area (Å²) in [4.78, 5) is 0. The minimum Gasteiger partial charge on any atom is -0.0891 e. The Bertz CT molecular complexity index is 453. The van der Waals surface area contributed by atoms with Crippen molar-refractivity contribution in [2.45, 2.75) is 51.4 Å². The zero-order valence-electron chi connectivity index (χ0n) is 12.1. The van der Waals surface area contributed by atoms with Gasteiger partial charge < -0.3 is 0 Å². The first-order valence-electron chi connectivity index (χ1n) is 7.53. The predicted octanol–water partition coefficient (Wildman–Crippen LogP) is 5.60. The summed E-state index contributed by atoms with van der Waals surface area (Å²) < 4.78 is 1.30. The van der Waals surface area contributed by atoms with Gasteiger partial charge in [-0.05, 0) is 41.2 Å². The molecule has 0 saturated carbocycles. The lowest BCUT2D eigenvalue weighted by Gasteiger charge is -1.98. The summed E-state index contributed by atoms with van der Waals surface area (Å²) >= 11 is 2.46. The van der Waals surface area contributed by atoms with E-state index in [0.29, 0.717) is 0 Å². The second kappa shape index (κ2) is 13.1. The summed E-state index contributed by atoms with van der Waals surface area (Å²) in [6, 6.07) is 10.0. The van der Waals surface area contributed by atoms with E-state index in [4.69, 9.17) is 0 Å². The van der Waals surface area contributed by atoms with Crippen molar-refractivity contribution in [3.63, 3.8) is 0 Å². The molecular formula is C19H23I. The number of hydrogen-bond donors (Lipinski definition) is 0. The quantitative estimate of drug-likeness (QED) is 0.239. The second-order valence-electron chi connectivity index (χ2n) is 4.83. The number of benzene rings is 1. The Morgan fingerprint density at radius 3 is 2.10 bits per heavy atom. The first-order valence-corrected chi connectivity index (χ1v) is 9.06. The minimum atomic E-state index is 0.983. The van der Waals surface area contributed by atoms with E-state index >= 15 is 0 Å². The standard InChI is InChI=1S/C19H23I/c20-18-14-9-7-5-3-1-2-4-6-8-11-15-19-16-12-10-13-17-19/h10,12-13,16-17H,1-5,7,9,14,18H2. The molecule has 0 aliphatic rings. The summed E-state index contributed by atoms with van der Waals surface area (Å²) in [5.41, 5.74) is 1.04. The SMILES string of the molecule is ICCCCCCCCCC#CC#Cc1ccccc1. The Labute approximate surface area is 137 Å². The molecule has 0 atom stereocenters. The van der Waals surface area contributed by atoms with Gasteiger partial charge in [0.2, 0.25) is 0 Å². The fraction of sp³-hybridized carbons (Fsp3) is 0.474. The van der Waals surface area contributed by atoms with Gasteiger partial charge in [-0.1, -0.05) is 84.7 Å². The molecule has 20 heavy (non-hydrogen) atoms. The van der Waals surface area contributed by atoms with Gasteiger partial charge in [0.25, 0.3) is 0 Å². The molecule has 0 spiro atoms. The molecular weight excluding hydrogens is 355 g/mol. The lowest BCUT2D eigenvalue weighted by Crippen LogP contribution is -1.80. The monoisotopic (exact) mass is 378 g/mol. The molecule has 1 heteroatoms. The van der Waals surface area contributed by atoms with E-state index in [0.717, 1.165) is 12.0 Å². The molecule has 0 radical (unpaired) electrons. The maximum Gasteiger partial charge on any atom is 0.0255 e. The number of rotatable bonds is 8. The van der Waals surface area contributed by atoms with Gasteiger partial charge in [0.1, 0.15) is 0 Å². The van der Waals surface area contributed by atoms with Crippen LogP contribution in [-0.2, 0) is 0 Å². The largest absolute Gasteiger partial charge is 0.0891 e. The molecule has 1 aromatic carbocycles. The van der Waals surface area contributed by atoms with E-state index in [2.05, 4.69) is 46.3 Å². The van der Waals surface area contributed by atoms with Crippen molar-refractivity contribution in [2.75, 3.05) is 4.43 Å². The molecule has 1 aromatic rings. The molecule has 0 bridgehead atoms.